The van der Waals surface area contributed by atoms with Crippen LogP contribution in [0.4, 0.5) is 11.5 Å². The summed E-state index contributed by atoms with van der Waals surface area (Å²) in [5.74, 6) is 1.02. The quantitative estimate of drug-likeness (QED) is 0.706. The minimum Gasteiger partial charge on any atom is -0.383 e. The van der Waals surface area contributed by atoms with Gasteiger partial charge >= 0.3 is 5.69 Å². The van der Waals surface area contributed by atoms with Crippen LogP contribution in [0.5, 0.6) is 0 Å². The van der Waals surface area contributed by atoms with E-state index in [2.05, 4.69) is 17.2 Å². The maximum atomic E-state index is 12.0. The van der Waals surface area contributed by atoms with Crippen LogP contribution in [0.15, 0.2) is 9.59 Å². The van der Waals surface area contributed by atoms with E-state index in [0.29, 0.717) is 12.2 Å². The highest BCUT2D eigenvalue weighted by Crippen LogP contribution is 2.34. The monoisotopic (exact) mass is 280 g/mol. The van der Waals surface area contributed by atoms with Gasteiger partial charge in [-0.2, -0.15) is 0 Å². The van der Waals surface area contributed by atoms with Crippen LogP contribution >= 0.6 is 0 Å². The van der Waals surface area contributed by atoms with Gasteiger partial charge in [0.05, 0.1) is 0 Å². The number of aromatic nitrogens is 2. The molecule has 112 valence electrons. The second-order valence-electron chi connectivity index (χ2n) is 5.60. The first kappa shape index (κ1) is 14.7. The first-order chi connectivity index (χ1) is 9.56. The third-order valence-corrected chi connectivity index (χ3v) is 3.84. The minimum atomic E-state index is -0.435. The number of rotatable bonds is 7. The molecule has 0 radical (unpaired) electrons. The fourth-order valence-electron chi connectivity index (χ4n) is 2.46. The Bertz CT molecular complexity index is 572. The fourth-order valence-corrected chi connectivity index (χ4v) is 2.46. The maximum absolute atomic E-state index is 12.0. The summed E-state index contributed by atoms with van der Waals surface area (Å²) < 4.78 is 1.42. The molecule has 1 aromatic heterocycles. The first-order valence-corrected chi connectivity index (χ1v) is 7.45. The highest BCUT2D eigenvalue weighted by atomic mass is 16.2. The van der Waals surface area contributed by atoms with Crippen LogP contribution in [-0.4, -0.2) is 15.6 Å². The number of hydrogen-bond donors (Lipinski definition) is 3. The van der Waals surface area contributed by atoms with Crippen LogP contribution in [0.2, 0.25) is 0 Å². The van der Waals surface area contributed by atoms with E-state index in [1.165, 1.54) is 17.4 Å². The molecule has 1 unspecified atom stereocenters. The van der Waals surface area contributed by atoms with Crippen molar-refractivity contribution < 1.29 is 0 Å². The smallest absolute Gasteiger partial charge is 0.330 e. The van der Waals surface area contributed by atoms with Gasteiger partial charge in [-0.15, -0.1) is 0 Å². The lowest BCUT2D eigenvalue weighted by molar-refractivity contribution is 0.583. The molecule has 0 bridgehead atoms. The van der Waals surface area contributed by atoms with Gasteiger partial charge in [-0.05, 0) is 25.2 Å². The zero-order chi connectivity index (χ0) is 14.7. The van der Waals surface area contributed by atoms with Crippen molar-refractivity contribution in [1.82, 2.24) is 9.55 Å². The molecule has 1 aromatic rings. The third kappa shape index (κ3) is 3.23. The van der Waals surface area contributed by atoms with Crippen LogP contribution in [0.1, 0.15) is 46.0 Å². The van der Waals surface area contributed by atoms with Gasteiger partial charge in [-0.3, -0.25) is 14.3 Å². The molecule has 0 aromatic carbocycles. The molecule has 0 aliphatic heterocycles. The summed E-state index contributed by atoms with van der Waals surface area (Å²) in [6.07, 6.45) is 5.33. The van der Waals surface area contributed by atoms with Crippen LogP contribution in [0.25, 0.3) is 0 Å². The molecule has 4 N–H and O–H groups in total. The number of anilines is 2. The van der Waals surface area contributed by atoms with Crippen LogP contribution in [-0.2, 0) is 6.54 Å². The first-order valence-electron chi connectivity index (χ1n) is 7.45. The third-order valence-electron chi connectivity index (χ3n) is 3.84. The van der Waals surface area contributed by atoms with E-state index >= 15 is 0 Å². The molecule has 1 aliphatic carbocycles. The summed E-state index contributed by atoms with van der Waals surface area (Å²) in [6.45, 7) is 4.56. The predicted molar refractivity (Wildman–Crippen MR) is 81.1 cm³/mol. The van der Waals surface area contributed by atoms with Gasteiger partial charge in [0, 0.05) is 12.6 Å². The van der Waals surface area contributed by atoms with Gasteiger partial charge < -0.3 is 11.1 Å². The van der Waals surface area contributed by atoms with E-state index in [1.54, 1.807) is 0 Å². The van der Waals surface area contributed by atoms with Gasteiger partial charge in [0.1, 0.15) is 11.5 Å². The van der Waals surface area contributed by atoms with Crippen LogP contribution in [0.3, 0.4) is 0 Å². The van der Waals surface area contributed by atoms with Crippen molar-refractivity contribution in [2.24, 2.45) is 5.92 Å². The molecule has 1 saturated carbocycles. The Morgan fingerprint density at radius 2 is 2.10 bits per heavy atom. The van der Waals surface area contributed by atoms with Gasteiger partial charge in [-0.1, -0.05) is 26.7 Å². The Morgan fingerprint density at radius 1 is 1.40 bits per heavy atom. The summed E-state index contributed by atoms with van der Waals surface area (Å²) in [4.78, 5) is 26.0. The van der Waals surface area contributed by atoms with Crippen molar-refractivity contribution in [2.45, 2.75) is 58.5 Å². The number of nitrogens with one attached hydrogen (secondary N) is 2. The summed E-state index contributed by atoms with van der Waals surface area (Å²) in [5, 5.41) is 3.23. The van der Waals surface area contributed by atoms with Crippen molar-refractivity contribution in [1.29, 1.82) is 0 Å². The summed E-state index contributed by atoms with van der Waals surface area (Å²) >= 11 is 0. The van der Waals surface area contributed by atoms with Crippen LogP contribution < -0.4 is 22.3 Å². The number of nitrogen functional groups attached to an aromatic ring is 1. The molecule has 0 spiro atoms. The van der Waals surface area contributed by atoms with Crippen LogP contribution in [0, 0.1) is 5.92 Å². The van der Waals surface area contributed by atoms with Crippen molar-refractivity contribution in [3.8, 4) is 0 Å². The van der Waals surface area contributed by atoms with E-state index < -0.39 is 11.2 Å². The molecule has 0 amide bonds. The zero-order valence-corrected chi connectivity index (χ0v) is 12.2. The van der Waals surface area contributed by atoms with Crippen molar-refractivity contribution in [3.05, 3.63) is 20.8 Å². The second kappa shape index (κ2) is 6.15. The van der Waals surface area contributed by atoms with Crippen molar-refractivity contribution in [3.63, 3.8) is 0 Å². The largest absolute Gasteiger partial charge is 0.383 e. The fraction of sp³-hybridized carbons (Fsp3) is 0.714. The van der Waals surface area contributed by atoms with E-state index in [0.717, 1.165) is 25.2 Å². The molecule has 1 heterocycles. The van der Waals surface area contributed by atoms with Crippen molar-refractivity contribution >= 4 is 11.5 Å². The van der Waals surface area contributed by atoms with Gasteiger partial charge in [-0.25, -0.2) is 4.79 Å². The molecule has 6 heteroatoms. The second-order valence-corrected chi connectivity index (χ2v) is 5.60. The Morgan fingerprint density at radius 3 is 2.65 bits per heavy atom. The number of nitrogens with two attached hydrogens (primary N) is 1. The summed E-state index contributed by atoms with van der Waals surface area (Å²) in [7, 11) is 0. The molecule has 2 rings (SSSR count). The Hall–Kier alpha value is -1.72. The summed E-state index contributed by atoms with van der Waals surface area (Å²) in [6, 6.07) is 0.235. The van der Waals surface area contributed by atoms with Gasteiger partial charge in [0.25, 0.3) is 5.56 Å². The number of H-pyrrole nitrogens is 1. The SMILES string of the molecule is CCCn1c(N)c(NC(CC)CC2CC2)c(=O)[nH]c1=O. The molecule has 1 aliphatic rings. The highest BCUT2D eigenvalue weighted by molar-refractivity contribution is 5.60. The Kier molecular flexibility index (Phi) is 4.52. The highest BCUT2D eigenvalue weighted by Gasteiger charge is 2.25. The Balaban J connectivity index is 2.27. The number of nitrogens with zero attached hydrogens (tertiary/aromatic N) is 1. The normalized spacial score (nSPS) is 16.1. The van der Waals surface area contributed by atoms with E-state index in [9.17, 15) is 9.59 Å². The molecule has 1 atom stereocenters. The number of hydrogen-bond acceptors (Lipinski definition) is 4. The predicted octanol–water partition coefficient (Wildman–Crippen LogP) is 1.52. The lowest BCUT2D eigenvalue weighted by atomic mass is 10.1. The topological polar surface area (TPSA) is 92.9 Å². The summed E-state index contributed by atoms with van der Waals surface area (Å²) in [5.41, 5.74) is 5.48. The molecule has 6 nitrogen and oxygen atoms in total. The number of aromatic amines is 1. The molecule has 1 fully saturated rings. The maximum Gasteiger partial charge on any atom is 0.330 e. The molecular weight excluding hydrogens is 256 g/mol. The Labute approximate surface area is 118 Å². The van der Waals surface area contributed by atoms with Crippen molar-refractivity contribution in [2.75, 3.05) is 11.1 Å². The zero-order valence-electron chi connectivity index (χ0n) is 12.2. The average molecular weight is 280 g/mol. The van der Waals surface area contributed by atoms with Gasteiger partial charge in [0.2, 0.25) is 0 Å². The molecular formula is C14H24N4O2. The standard InChI is InChI=1S/C14H24N4O2/c1-3-7-18-12(15)11(13(19)17-14(18)20)16-10(4-2)8-9-5-6-9/h9-10,16H,3-8,15H2,1-2H3,(H,17,19,20). The lowest BCUT2D eigenvalue weighted by Gasteiger charge is -2.20. The lowest BCUT2D eigenvalue weighted by Crippen LogP contribution is -2.36. The molecule has 0 saturated heterocycles. The van der Waals surface area contributed by atoms with E-state index in [4.69, 9.17) is 5.73 Å². The van der Waals surface area contributed by atoms with E-state index in [-0.39, 0.29) is 11.9 Å². The average Bonchev–Trinajstić information content (AvgIpc) is 3.22. The van der Waals surface area contributed by atoms with E-state index in [1.807, 2.05) is 6.92 Å². The van der Waals surface area contributed by atoms with Gasteiger partial charge in [0.15, 0.2) is 0 Å². The molecule has 20 heavy (non-hydrogen) atoms. The minimum absolute atomic E-state index is 0.235.